The summed E-state index contributed by atoms with van der Waals surface area (Å²) in [6.07, 6.45) is 1.07. The lowest BCUT2D eigenvalue weighted by molar-refractivity contribution is 0.553. The van der Waals surface area contributed by atoms with E-state index in [-0.39, 0.29) is 11.9 Å². The number of hydrogen-bond donors (Lipinski definition) is 1. The van der Waals surface area contributed by atoms with Gasteiger partial charge in [0.2, 0.25) is 0 Å². The molecule has 1 aliphatic heterocycles. The van der Waals surface area contributed by atoms with Crippen molar-refractivity contribution in [2.45, 2.75) is 12.5 Å². The Morgan fingerprint density at radius 3 is 2.55 bits per heavy atom. The number of rotatable bonds is 2. The zero-order chi connectivity index (χ0) is 13.8. The van der Waals surface area contributed by atoms with E-state index in [4.69, 9.17) is 0 Å². The first-order valence-electron chi connectivity index (χ1n) is 7.13. The van der Waals surface area contributed by atoms with Crippen molar-refractivity contribution in [3.05, 3.63) is 66.0 Å². The summed E-state index contributed by atoms with van der Waals surface area (Å²) in [4.78, 5) is 2.30. The molecule has 2 aromatic carbocycles. The third-order valence-corrected chi connectivity index (χ3v) is 3.82. The Hall–Kier alpha value is -1.87. The van der Waals surface area contributed by atoms with E-state index in [0.29, 0.717) is 0 Å². The molecule has 20 heavy (non-hydrogen) atoms. The maximum atomic E-state index is 14.1. The first kappa shape index (κ1) is 13.1. The maximum Gasteiger partial charge on any atom is 0.128 e. The zero-order valence-corrected chi connectivity index (χ0v) is 11.4. The van der Waals surface area contributed by atoms with Gasteiger partial charge >= 0.3 is 0 Å². The van der Waals surface area contributed by atoms with Crippen molar-refractivity contribution in [1.29, 1.82) is 0 Å². The average Bonchev–Trinajstić information content (AvgIpc) is 2.74. The van der Waals surface area contributed by atoms with Gasteiger partial charge in [-0.1, -0.05) is 36.4 Å². The molecule has 0 bridgehead atoms. The van der Waals surface area contributed by atoms with Crippen LogP contribution in [-0.2, 0) is 0 Å². The number of para-hydroxylation sites is 1. The molecule has 1 heterocycles. The summed E-state index contributed by atoms with van der Waals surface area (Å²) in [6, 6.07) is 17.4. The third-order valence-electron chi connectivity index (χ3n) is 3.82. The van der Waals surface area contributed by atoms with Gasteiger partial charge in [0.15, 0.2) is 0 Å². The highest BCUT2D eigenvalue weighted by Gasteiger charge is 2.24. The van der Waals surface area contributed by atoms with Gasteiger partial charge in [-0.15, -0.1) is 0 Å². The fraction of sp³-hybridized carbons (Fsp3) is 0.294. The number of nitrogens with one attached hydrogen (secondary N) is 1. The van der Waals surface area contributed by atoms with Crippen LogP contribution in [0.4, 0.5) is 10.1 Å². The van der Waals surface area contributed by atoms with Crippen LogP contribution in [0.5, 0.6) is 0 Å². The lowest BCUT2D eigenvalue weighted by Gasteiger charge is -2.32. The van der Waals surface area contributed by atoms with Gasteiger partial charge in [0.25, 0.3) is 0 Å². The van der Waals surface area contributed by atoms with Crippen molar-refractivity contribution < 1.29 is 4.39 Å². The number of halogens is 1. The monoisotopic (exact) mass is 270 g/mol. The number of nitrogens with zero attached hydrogens (tertiary/aromatic N) is 1. The lowest BCUT2D eigenvalue weighted by atomic mass is 10.0. The average molecular weight is 270 g/mol. The summed E-state index contributed by atoms with van der Waals surface area (Å²) in [5.74, 6) is -0.123. The van der Waals surface area contributed by atoms with Crippen LogP contribution in [0.25, 0.3) is 0 Å². The SMILES string of the molecule is Fc1ccccc1[C@@H]1CNCCCN1c1ccccc1. The summed E-state index contributed by atoms with van der Waals surface area (Å²) in [7, 11) is 0. The van der Waals surface area contributed by atoms with Crippen LogP contribution in [0.2, 0.25) is 0 Å². The first-order valence-corrected chi connectivity index (χ1v) is 7.13. The van der Waals surface area contributed by atoms with E-state index in [1.807, 2.05) is 30.3 Å². The van der Waals surface area contributed by atoms with E-state index in [0.717, 1.165) is 37.3 Å². The molecule has 1 fully saturated rings. The second-order valence-corrected chi connectivity index (χ2v) is 5.12. The van der Waals surface area contributed by atoms with Crippen LogP contribution in [0.1, 0.15) is 18.0 Å². The lowest BCUT2D eigenvalue weighted by Crippen LogP contribution is -2.33. The van der Waals surface area contributed by atoms with Crippen LogP contribution < -0.4 is 10.2 Å². The van der Waals surface area contributed by atoms with E-state index in [2.05, 4.69) is 22.3 Å². The van der Waals surface area contributed by atoms with Crippen LogP contribution in [0.3, 0.4) is 0 Å². The molecule has 0 saturated carbocycles. The predicted octanol–water partition coefficient (Wildman–Crippen LogP) is 3.37. The van der Waals surface area contributed by atoms with Crippen molar-refractivity contribution in [1.82, 2.24) is 5.32 Å². The molecule has 1 atom stereocenters. The molecule has 3 rings (SSSR count). The van der Waals surface area contributed by atoms with Gasteiger partial charge in [-0.3, -0.25) is 0 Å². The fourth-order valence-corrected chi connectivity index (χ4v) is 2.83. The van der Waals surface area contributed by atoms with E-state index < -0.39 is 0 Å². The van der Waals surface area contributed by atoms with Crippen molar-refractivity contribution in [3.8, 4) is 0 Å². The molecule has 1 saturated heterocycles. The smallest absolute Gasteiger partial charge is 0.128 e. The molecule has 3 heteroatoms. The topological polar surface area (TPSA) is 15.3 Å². The molecule has 0 aliphatic carbocycles. The Labute approximate surface area is 119 Å². The van der Waals surface area contributed by atoms with E-state index in [1.54, 1.807) is 12.1 Å². The van der Waals surface area contributed by atoms with Gasteiger partial charge in [-0.25, -0.2) is 4.39 Å². The molecule has 2 nitrogen and oxygen atoms in total. The minimum absolute atomic E-state index is 0.0427. The van der Waals surface area contributed by atoms with Crippen LogP contribution in [0.15, 0.2) is 54.6 Å². The van der Waals surface area contributed by atoms with Crippen molar-refractivity contribution >= 4 is 5.69 Å². The standard InChI is InChI=1S/C17H19FN2/c18-16-10-5-4-9-15(16)17-13-19-11-6-12-20(17)14-7-2-1-3-8-14/h1-5,7-10,17,19H,6,11-13H2/t17-/m0/s1. The molecule has 0 radical (unpaired) electrons. The summed E-state index contributed by atoms with van der Waals surface area (Å²) in [6.45, 7) is 2.69. The highest BCUT2D eigenvalue weighted by atomic mass is 19.1. The molecular formula is C17H19FN2. The first-order chi connectivity index (χ1) is 9.86. The summed E-state index contributed by atoms with van der Waals surface area (Å²) in [5.41, 5.74) is 1.93. The summed E-state index contributed by atoms with van der Waals surface area (Å²) >= 11 is 0. The van der Waals surface area contributed by atoms with Crippen molar-refractivity contribution in [3.63, 3.8) is 0 Å². The fourth-order valence-electron chi connectivity index (χ4n) is 2.83. The van der Waals surface area contributed by atoms with Gasteiger partial charge in [0, 0.05) is 24.3 Å². The minimum Gasteiger partial charge on any atom is -0.363 e. The van der Waals surface area contributed by atoms with E-state index in [9.17, 15) is 4.39 Å². The second kappa shape index (κ2) is 6.06. The second-order valence-electron chi connectivity index (χ2n) is 5.12. The molecule has 104 valence electrons. The van der Waals surface area contributed by atoms with Gasteiger partial charge in [-0.2, -0.15) is 0 Å². The minimum atomic E-state index is -0.123. The normalized spacial score (nSPS) is 19.6. The zero-order valence-electron chi connectivity index (χ0n) is 11.4. The van der Waals surface area contributed by atoms with Crippen LogP contribution >= 0.6 is 0 Å². The quantitative estimate of drug-likeness (QED) is 0.900. The van der Waals surface area contributed by atoms with Crippen LogP contribution in [-0.4, -0.2) is 19.6 Å². The molecule has 0 unspecified atom stereocenters. The largest absolute Gasteiger partial charge is 0.363 e. The molecule has 0 amide bonds. The van der Waals surface area contributed by atoms with E-state index in [1.165, 1.54) is 0 Å². The molecule has 1 aliphatic rings. The Morgan fingerprint density at radius 1 is 1.00 bits per heavy atom. The van der Waals surface area contributed by atoms with Gasteiger partial charge < -0.3 is 10.2 Å². The van der Waals surface area contributed by atoms with Gasteiger partial charge in [-0.05, 0) is 31.2 Å². The van der Waals surface area contributed by atoms with Gasteiger partial charge in [0.05, 0.1) is 6.04 Å². The maximum absolute atomic E-state index is 14.1. The third kappa shape index (κ3) is 2.68. The molecule has 2 aromatic rings. The Kier molecular flexibility index (Phi) is 3.97. The number of benzene rings is 2. The molecule has 1 N–H and O–H groups in total. The van der Waals surface area contributed by atoms with E-state index >= 15 is 0 Å². The highest BCUT2D eigenvalue weighted by Crippen LogP contribution is 2.29. The molecule has 0 aromatic heterocycles. The van der Waals surface area contributed by atoms with Crippen molar-refractivity contribution in [2.24, 2.45) is 0 Å². The van der Waals surface area contributed by atoms with Gasteiger partial charge in [0.1, 0.15) is 5.82 Å². The Morgan fingerprint density at radius 2 is 1.75 bits per heavy atom. The van der Waals surface area contributed by atoms with Crippen molar-refractivity contribution in [2.75, 3.05) is 24.5 Å². The number of anilines is 1. The number of hydrogen-bond acceptors (Lipinski definition) is 2. The molecular weight excluding hydrogens is 251 g/mol. The molecule has 0 spiro atoms. The summed E-state index contributed by atoms with van der Waals surface area (Å²) in [5, 5.41) is 3.41. The predicted molar refractivity (Wildman–Crippen MR) is 80.4 cm³/mol. The Bertz CT molecular complexity index is 556. The van der Waals surface area contributed by atoms with Crippen LogP contribution in [0, 0.1) is 5.82 Å². The summed E-state index contributed by atoms with van der Waals surface area (Å²) < 4.78 is 14.1. The Balaban J connectivity index is 1.98. The highest BCUT2D eigenvalue weighted by molar-refractivity contribution is 5.49.